The number of hydrogen-bond acceptors (Lipinski definition) is 7. The molecule has 2 heterocycles. The number of aromatic nitrogens is 2. The lowest BCUT2D eigenvalue weighted by Gasteiger charge is -2.23. The van der Waals surface area contributed by atoms with Crippen LogP contribution in [-0.4, -0.2) is 46.2 Å². The number of rotatable bonds is 7. The first-order valence-corrected chi connectivity index (χ1v) is 9.45. The third-order valence-corrected chi connectivity index (χ3v) is 4.81. The summed E-state index contributed by atoms with van der Waals surface area (Å²) >= 11 is 12.0. The summed E-state index contributed by atoms with van der Waals surface area (Å²) in [7, 11) is 1.35. The SMILES string of the molecule is COc1ccnc(C(=O)N[C@@H](C)C(=O)OC(C)C(C)c2ncc(Cl)cc2Cl)c1O. The Balaban J connectivity index is 2.02. The Labute approximate surface area is 178 Å². The molecule has 2 aromatic heterocycles. The van der Waals surface area contributed by atoms with E-state index in [0.717, 1.165) is 0 Å². The molecule has 0 radical (unpaired) electrons. The van der Waals surface area contributed by atoms with Crippen LogP contribution in [-0.2, 0) is 9.53 Å². The number of carbonyl (C=O) groups is 2. The van der Waals surface area contributed by atoms with Gasteiger partial charge in [0.15, 0.2) is 17.2 Å². The Morgan fingerprint density at radius 3 is 2.52 bits per heavy atom. The molecule has 3 atom stereocenters. The van der Waals surface area contributed by atoms with Crippen LogP contribution >= 0.6 is 23.2 Å². The van der Waals surface area contributed by atoms with E-state index in [0.29, 0.717) is 15.7 Å². The highest BCUT2D eigenvalue weighted by atomic mass is 35.5. The molecule has 2 unspecified atom stereocenters. The van der Waals surface area contributed by atoms with E-state index in [2.05, 4.69) is 15.3 Å². The van der Waals surface area contributed by atoms with E-state index in [9.17, 15) is 14.7 Å². The maximum atomic E-state index is 12.4. The van der Waals surface area contributed by atoms with E-state index in [4.69, 9.17) is 32.7 Å². The van der Waals surface area contributed by atoms with Crippen LogP contribution in [0, 0.1) is 0 Å². The van der Waals surface area contributed by atoms with Crippen LogP contribution in [0.15, 0.2) is 24.5 Å². The number of nitrogens with zero attached hydrogens (tertiary/aromatic N) is 2. The summed E-state index contributed by atoms with van der Waals surface area (Å²) in [5, 5.41) is 13.2. The minimum atomic E-state index is -0.988. The average Bonchev–Trinajstić information content (AvgIpc) is 2.67. The van der Waals surface area contributed by atoms with Gasteiger partial charge in [0.05, 0.1) is 22.8 Å². The third-order valence-electron chi connectivity index (χ3n) is 4.30. The highest BCUT2D eigenvalue weighted by molar-refractivity contribution is 6.34. The van der Waals surface area contributed by atoms with Gasteiger partial charge in [-0.1, -0.05) is 30.1 Å². The van der Waals surface area contributed by atoms with Crippen LogP contribution in [0.1, 0.15) is 42.9 Å². The van der Waals surface area contributed by atoms with Gasteiger partial charge < -0.3 is 19.9 Å². The Bertz CT molecular complexity index is 909. The van der Waals surface area contributed by atoms with E-state index >= 15 is 0 Å². The predicted molar refractivity (Wildman–Crippen MR) is 108 cm³/mol. The second kappa shape index (κ2) is 9.76. The zero-order valence-corrected chi connectivity index (χ0v) is 17.8. The van der Waals surface area contributed by atoms with Crippen LogP contribution in [0.25, 0.3) is 0 Å². The zero-order chi connectivity index (χ0) is 21.7. The van der Waals surface area contributed by atoms with Gasteiger partial charge >= 0.3 is 5.97 Å². The van der Waals surface area contributed by atoms with Crippen LogP contribution in [0.2, 0.25) is 10.0 Å². The first-order chi connectivity index (χ1) is 13.6. The molecule has 0 aliphatic rings. The summed E-state index contributed by atoms with van der Waals surface area (Å²) in [6.45, 7) is 4.96. The van der Waals surface area contributed by atoms with Crippen molar-refractivity contribution in [1.82, 2.24) is 15.3 Å². The maximum absolute atomic E-state index is 12.4. The van der Waals surface area contributed by atoms with Gasteiger partial charge in [-0.25, -0.2) is 9.78 Å². The summed E-state index contributed by atoms with van der Waals surface area (Å²) in [5.74, 6) is -2.04. The Morgan fingerprint density at radius 1 is 1.21 bits per heavy atom. The molecular formula is C19H21Cl2N3O5. The maximum Gasteiger partial charge on any atom is 0.328 e. The summed E-state index contributed by atoms with van der Waals surface area (Å²) in [6.07, 6.45) is 2.20. The van der Waals surface area contributed by atoms with Gasteiger partial charge in [0, 0.05) is 24.4 Å². The first kappa shape index (κ1) is 22.7. The number of esters is 1. The molecule has 0 aromatic carbocycles. The minimum absolute atomic E-state index is 0.0927. The second-order valence-corrected chi connectivity index (χ2v) is 7.20. The molecule has 0 saturated carbocycles. The topological polar surface area (TPSA) is 111 Å². The molecule has 156 valence electrons. The fourth-order valence-electron chi connectivity index (χ4n) is 2.46. The fraction of sp³-hybridized carbons (Fsp3) is 0.368. The van der Waals surface area contributed by atoms with Gasteiger partial charge in [-0.15, -0.1) is 0 Å². The van der Waals surface area contributed by atoms with Crippen molar-refractivity contribution < 1.29 is 24.2 Å². The van der Waals surface area contributed by atoms with Crippen molar-refractivity contribution in [1.29, 1.82) is 0 Å². The van der Waals surface area contributed by atoms with E-state index < -0.39 is 29.8 Å². The first-order valence-electron chi connectivity index (χ1n) is 8.70. The number of halogens is 2. The number of hydrogen-bond donors (Lipinski definition) is 2. The minimum Gasteiger partial charge on any atom is -0.503 e. The number of amides is 1. The summed E-state index contributed by atoms with van der Waals surface area (Å²) in [4.78, 5) is 32.7. The van der Waals surface area contributed by atoms with Gasteiger partial charge in [-0.3, -0.25) is 9.78 Å². The highest BCUT2D eigenvalue weighted by Gasteiger charge is 2.27. The average molecular weight is 442 g/mol. The van der Waals surface area contributed by atoms with Crippen LogP contribution in [0.4, 0.5) is 0 Å². The number of methoxy groups -OCH3 is 1. The quantitative estimate of drug-likeness (QED) is 0.633. The van der Waals surface area contributed by atoms with E-state index in [-0.39, 0.29) is 17.4 Å². The van der Waals surface area contributed by atoms with Crippen LogP contribution in [0.3, 0.4) is 0 Å². The summed E-state index contributed by atoms with van der Waals surface area (Å²) in [5.41, 5.74) is 0.279. The van der Waals surface area contributed by atoms with Crippen molar-refractivity contribution in [2.45, 2.75) is 38.8 Å². The number of aromatic hydroxyl groups is 1. The number of carbonyl (C=O) groups excluding carboxylic acids is 2. The molecule has 0 aliphatic heterocycles. The van der Waals surface area contributed by atoms with Gasteiger partial charge in [-0.05, 0) is 19.9 Å². The molecule has 29 heavy (non-hydrogen) atoms. The molecule has 8 nitrogen and oxygen atoms in total. The summed E-state index contributed by atoms with van der Waals surface area (Å²) < 4.78 is 10.4. The zero-order valence-electron chi connectivity index (χ0n) is 16.3. The standard InChI is InChI=1S/C19H21Cl2N3O5/c1-9(15-13(21)7-12(20)8-23-15)11(3)29-19(27)10(2)24-18(26)16-17(25)14(28-4)5-6-22-16/h5-11,25H,1-4H3,(H,24,26)/t9?,10-,11?/m0/s1. The molecule has 1 amide bonds. The number of ether oxygens (including phenoxy) is 2. The second-order valence-electron chi connectivity index (χ2n) is 6.36. The van der Waals surface area contributed by atoms with Crippen LogP contribution < -0.4 is 10.1 Å². The largest absolute Gasteiger partial charge is 0.503 e. The molecule has 0 bridgehead atoms. The fourth-order valence-corrected chi connectivity index (χ4v) is 3.01. The molecule has 10 heteroatoms. The van der Waals surface area contributed by atoms with Gasteiger partial charge in [0.1, 0.15) is 12.1 Å². The molecule has 2 N–H and O–H groups in total. The van der Waals surface area contributed by atoms with Crippen LogP contribution in [0.5, 0.6) is 11.5 Å². The van der Waals surface area contributed by atoms with Crippen molar-refractivity contribution in [3.8, 4) is 11.5 Å². The lowest BCUT2D eigenvalue weighted by atomic mass is 10.0. The molecule has 2 rings (SSSR count). The highest BCUT2D eigenvalue weighted by Crippen LogP contribution is 2.29. The van der Waals surface area contributed by atoms with Crippen molar-refractivity contribution in [3.05, 3.63) is 46.0 Å². The van der Waals surface area contributed by atoms with Gasteiger partial charge in [0.2, 0.25) is 0 Å². The third kappa shape index (κ3) is 5.48. The molecule has 0 spiro atoms. The summed E-state index contributed by atoms with van der Waals surface area (Å²) in [6, 6.07) is 1.98. The Morgan fingerprint density at radius 2 is 1.90 bits per heavy atom. The molecular weight excluding hydrogens is 421 g/mol. The van der Waals surface area contributed by atoms with Crippen molar-refractivity contribution in [3.63, 3.8) is 0 Å². The van der Waals surface area contributed by atoms with Gasteiger partial charge in [0.25, 0.3) is 5.91 Å². The van der Waals surface area contributed by atoms with Crippen molar-refractivity contribution in [2.75, 3.05) is 7.11 Å². The molecule has 0 saturated heterocycles. The number of pyridine rings is 2. The molecule has 0 fully saturated rings. The van der Waals surface area contributed by atoms with Gasteiger partial charge in [-0.2, -0.15) is 0 Å². The number of nitrogens with one attached hydrogen (secondary N) is 1. The van der Waals surface area contributed by atoms with Crippen molar-refractivity contribution >= 4 is 35.1 Å². The Kier molecular flexibility index (Phi) is 7.64. The van der Waals surface area contributed by atoms with Crippen molar-refractivity contribution in [2.24, 2.45) is 0 Å². The van der Waals surface area contributed by atoms with E-state index in [1.807, 2.05) is 6.92 Å². The monoisotopic (exact) mass is 441 g/mol. The molecule has 0 aliphatic carbocycles. The lowest BCUT2D eigenvalue weighted by molar-refractivity contribution is -0.151. The Hall–Kier alpha value is -2.58. The molecule has 2 aromatic rings. The predicted octanol–water partition coefficient (Wildman–Crippen LogP) is 3.35. The lowest BCUT2D eigenvalue weighted by Crippen LogP contribution is -2.41. The normalized spacial score (nSPS) is 13.9. The van der Waals surface area contributed by atoms with E-state index in [1.54, 1.807) is 13.0 Å². The van der Waals surface area contributed by atoms with E-state index in [1.165, 1.54) is 32.5 Å². The smallest absolute Gasteiger partial charge is 0.328 e.